The van der Waals surface area contributed by atoms with Gasteiger partial charge in [-0.05, 0) is 12.1 Å². The molecule has 19 heavy (non-hydrogen) atoms. The van der Waals surface area contributed by atoms with Gasteiger partial charge in [-0.25, -0.2) is 0 Å². The number of amides is 1. The van der Waals surface area contributed by atoms with E-state index in [1.165, 1.54) is 7.11 Å². The van der Waals surface area contributed by atoms with Crippen molar-refractivity contribution >= 4 is 5.91 Å². The Hall–Kier alpha value is -1.79. The third kappa shape index (κ3) is 4.76. The zero-order valence-electron chi connectivity index (χ0n) is 11.1. The molecule has 1 rings (SSSR count). The third-order valence-electron chi connectivity index (χ3n) is 2.42. The van der Waals surface area contributed by atoms with Crippen LogP contribution in [0.15, 0.2) is 18.2 Å². The number of carbonyl (C=O) groups excluding carboxylic acids is 1. The van der Waals surface area contributed by atoms with Gasteiger partial charge in [0.1, 0.15) is 11.5 Å². The van der Waals surface area contributed by atoms with Crippen molar-refractivity contribution < 1.29 is 24.1 Å². The number of aliphatic hydroxyl groups is 1. The van der Waals surface area contributed by atoms with Gasteiger partial charge in [0, 0.05) is 12.6 Å². The molecule has 0 unspecified atom stereocenters. The van der Waals surface area contributed by atoms with Crippen molar-refractivity contribution in [2.45, 2.75) is 0 Å². The van der Waals surface area contributed by atoms with E-state index in [9.17, 15) is 4.79 Å². The molecule has 0 radical (unpaired) electrons. The molecule has 0 saturated heterocycles. The molecule has 0 aliphatic heterocycles. The molecule has 0 aromatic heterocycles. The van der Waals surface area contributed by atoms with E-state index in [2.05, 4.69) is 5.32 Å². The monoisotopic (exact) mass is 269 g/mol. The molecule has 0 saturated carbocycles. The first-order chi connectivity index (χ1) is 9.22. The summed E-state index contributed by atoms with van der Waals surface area (Å²) in [7, 11) is 3.04. The Morgan fingerprint density at radius 2 is 2.05 bits per heavy atom. The standard InChI is InChI=1S/C13H19NO5/c1-17-10-3-4-11(12(9-10)18-2)13(16)14-5-7-19-8-6-15/h3-4,9,15H,5-8H2,1-2H3,(H,14,16). The Kier molecular flexibility index (Phi) is 6.70. The summed E-state index contributed by atoms with van der Waals surface area (Å²) in [6.07, 6.45) is 0. The minimum absolute atomic E-state index is 0.0275. The maximum atomic E-state index is 11.9. The number of aliphatic hydroxyl groups excluding tert-OH is 1. The Labute approximate surface area is 112 Å². The van der Waals surface area contributed by atoms with Crippen LogP contribution >= 0.6 is 0 Å². The van der Waals surface area contributed by atoms with Gasteiger partial charge in [-0.2, -0.15) is 0 Å². The molecule has 1 aromatic rings. The van der Waals surface area contributed by atoms with E-state index in [0.717, 1.165) is 0 Å². The number of ether oxygens (including phenoxy) is 3. The minimum atomic E-state index is -0.243. The number of rotatable bonds is 8. The molecular weight excluding hydrogens is 250 g/mol. The van der Waals surface area contributed by atoms with Gasteiger partial charge in [-0.1, -0.05) is 0 Å². The molecular formula is C13H19NO5. The Balaban J connectivity index is 2.56. The number of methoxy groups -OCH3 is 2. The summed E-state index contributed by atoms with van der Waals surface area (Å²) in [5, 5.41) is 11.2. The molecule has 0 spiro atoms. The van der Waals surface area contributed by atoms with E-state index >= 15 is 0 Å². The summed E-state index contributed by atoms with van der Waals surface area (Å²) < 4.78 is 15.3. The number of hydrogen-bond acceptors (Lipinski definition) is 5. The minimum Gasteiger partial charge on any atom is -0.497 e. The van der Waals surface area contributed by atoms with Crippen LogP contribution in [0.4, 0.5) is 0 Å². The highest BCUT2D eigenvalue weighted by Gasteiger charge is 2.12. The zero-order chi connectivity index (χ0) is 14.1. The summed E-state index contributed by atoms with van der Waals surface area (Å²) in [6, 6.07) is 4.98. The molecule has 2 N–H and O–H groups in total. The second-order valence-corrected chi connectivity index (χ2v) is 3.66. The average Bonchev–Trinajstić information content (AvgIpc) is 2.46. The van der Waals surface area contributed by atoms with Crippen LogP contribution in [0.25, 0.3) is 0 Å². The molecule has 1 amide bonds. The molecule has 0 aliphatic rings. The first kappa shape index (κ1) is 15.3. The summed E-state index contributed by atoms with van der Waals surface area (Å²) in [4.78, 5) is 11.9. The third-order valence-corrected chi connectivity index (χ3v) is 2.42. The van der Waals surface area contributed by atoms with Gasteiger partial charge in [0.05, 0.1) is 39.6 Å². The van der Waals surface area contributed by atoms with Gasteiger partial charge in [0.2, 0.25) is 0 Å². The fourth-order valence-electron chi connectivity index (χ4n) is 1.48. The van der Waals surface area contributed by atoms with E-state index in [4.69, 9.17) is 19.3 Å². The summed E-state index contributed by atoms with van der Waals surface area (Å²) in [5.41, 5.74) is 0.436. The van der Waals surface area contributed by atoms with Crippen LogP contribution in [0.5, 0.6) is 11.5 Å². The molecule has 1 aromatic carbocycles. The lowest BCUT2D eigenvalue weighted by Crippen LogP contribution is -2.27. The van der Waals surface area contributed by atoms with Crippen LogP contribution in [-0.4, -0.2) is 51.6 Å². The second-order valence-electron chi connectivity index (χ2n) is 3.66. The fourth-order valence-corrected chi connectivity index (χ4v) is 1.48. The van der Waals surface area contributed by atoms with E-state index in [1.807, 2.05) is 0 Å². The first-order valence-electron chi connectivity index (χ1n) is 5.91. The lowest BCUT2D eigenvalue weighted by Gasteiger charge is -2.10. The van der Waals surface area contributed by atoms with E-state index in [0.29, 0.717) is 30.2 Å². The predicted molar refractivity (Wildman–Crippen MR) is 69.8 cm³/mol. The second kappa shape index (κ2) is 8.34. The zero-order valence-corrected chi connectivity index (χ0v) is 11.1. The van der Waals surface area contributed by atoms with Crippen molar-refractivity contribution in [3.8, 4) is 11.5 Å². The molecule has 0 bridgehead atoms. The Morgan fingerprint density at radius 3 is 2.68 bits per heavy atom. The fraction of sp³-hybridized carbons (Fsp3) is 0.462. The van der Waals surface area contributed by atoms with Crippen LogP contribution in [0.1, 0.15) is 10.4 Å². The summed E-state index contributed by atoms with van der Waals surface area (Å²) >= 11 is 0. The van der Waals surface area contributed by atoms with E-state index < -0.39 is 0 Å². The average molecular weight is 269 g/mol. The van der Waals surface area contributed by atoms with Crippen LogP contribution < -0.4 is 14.8 Å². The number of hydrogen-bond donors (Lipinski definition) is 2. The van der Waals surface area contributed by atoms with Crippen LogP contribution in [0.2, 0.25) is 0 Å². The molecule has 6 heteroatoms. The number of carbonyl (C=O) groups is 1. The maximum Gasteiger partial charge on any atom is 0.255 e. The van der Waals surface area contributed by atoms with Crippen LogP contribution in [0.3, 0.4) is 0 Å². The van der Waals surface area contributed by atoms with Crippen molar-refractivity contribution in [2.75, 3.05) is 40.6 Å². The van der Waals surface area contributed by atoms with Crippen molar-refractivity contribution in [3.05, 3.63) is 23.8 Å². The highest BCUT2D eigenvalue weighted by molar-refractivity contribution is 5.97. The smallest absolute Gasteiger partial charge is 0.255 e. The predicted octanol–water partition coefficient (Wildman–Crippen LogP) is 0.442. The van der Waals surface area contributed by atoms with Gasteiger partial charge in [0.15, 0.2) is 0 Å². The van der Waals surface area contributed by atoms with Crippen molar-refractivity contribution in [1.29, 1.82) is 0 Å². The van der Waals surface area contributed by atoms with Crippen LogP contribution in [0, 0.1) is 0 Å². The normalized spacial score (nSPS) is 10.1. The van der Waals surface area contributed by atoms with E-state index in [-0.39, 0.29) is 19.1 Å². The van der Waals surface area contributed by atoms with Gasteiger partial charge in [-0.3, -0.25) is 4.79 Å². The van der Waals surface area contributed by atoms with Crippen molar-refractivity contribution in [1.82, 2.24) is 5.32 Å². The summed E-state index contributed by atoms with van der Waals surface area (Å²) in [6.45, 7) is 0.959. The molecule has 0 atom stereocenters. The Bertz CT molecular complexity index is 408. The molecule has 0 fully saturated rings. The molecule has 106 valence electrons. The largest absolute Gasteiger partial charge is 0.497 e. The number of benzene rings is 1. The van der Waals surface area contributed by atoms with Gasteiger partial charge in [-0.15, -0.1) is 0 Å². The highest BCUT2D eigenvalue weighted by atomic mass is 16.5. The molecule has 6 nitrogen and oxygen atoms in total. The van der Waals surface area contributed by atoms with Gasteiger partial charge >= 0.3 is 0 Å². The van der Waals surface area contributed by atoms with Gasteiger partial charge < -0.3 is 24.6 Å². The number of nitrogens with one attached hydrogen (secondary N) is 1. The van der Waals surface area contributed by atoms with Gasteiger partial charge in [0.25, 0.3) is 5.91 Å². The quantitative estimate of drug-likeness (QED) is 0.670. The topological polar surface area (TPSA) is 77.0 Å². The highest BCUT2D eigenvalue weighted by Crippen LogP contribution is 2.24. The summed E-state index contributed by atoms with van der Waals surface area (Å²) in [5.74, 6) is 0.833. The maximum absolute atomic E-state index is 11.9. The lowest BCUT2D eigenvalue weighted by molar-refractivity contribution is 0.0836. The molecule has 0 aliphatic carbocycles. The first-order valence-corrected chi connectivity index (χ1v) is 5.91. The molecule has 0 heterocycles. The van der Waals surface area contributed by atoms with Crippen LogP contribution in [-0.2, 0) is 4.74 Å². The Morgan fingerprint density at radius 1 is 1.26 bits per heavy atom. The van der Waals surface area contributed by atoms with Crippen molar-refractivity contribution in [3.63, 3.8) is 0 Å². The van der Waals surface area contributed by atoms with E-state index in [1.54, 1.807) is 25.3 Å². The SMILES string of the molecule is COc1ccc(C(=O)NCCOCCO)c(OC)c1. The van der Waals surface area contributed by atoms with Crippen molar-refractivity contribution in [2.24, 2.45) is 0 Å². The lowest BCUT2D eigenvalue weighted by atomic mass is 10.1.